The molecular weight excluding hydrogens is 598 g/mol. The van der Waals surface area contributed by atoms with Crippen LogP contribution in [0.1, 0.15) is 72.9 Å². The first-order valence-electron chi connectivity index (χ1n) is 16.1. The summed E-state index contributed by atoms with van der Waals surface area (Å²) in [6, 6.07) is 23.2. The van der Waals surface area contributed by atoms with E-state index in [1.54, 1.807) is 24.3 Å². The first-order chi connectivity index (χ1) is 22.9. The fraction of sp³-hybridized carbons (Fsp3) is 0.361. The lowest BCUT2D eigenvalue weighted by molar-refractivity contribution is -0.153. The quantitative estimate of drug-likeness (QED) is 0.0490. The Hall–Kier alpha value is -5.19. The molecule has 0 saturated heterocycles. The van der Waals surface area contributed by atoms with Gasteiger partial charge in [0.05, 0.1) is 17.5 Å². The van der Waals surface area contributed by atoms with Crippen molar-refractivity contribution in [1.82, 2.24) is 14.9 Å². The highest BCUT2D eigenvalue weighted by Gasteiger charge is 2.19. The van der Waals surface area contributed by atoms with E-state index in [-0.39, 0.29) is 30.8 Å². The first-order valence-corrected chi connectivity index (χ1v) is 16.1. The number of nitrogens with one attached hydrogen (secondary N) is 2. The summed E-state index contributed by atoms with van der Waals surface area (Å²) in [4.78, 5) is 41.7. The molecular formula is C36H41N5O6. The van der Waals surface area contributed by atoms with Crippen molar-refractivity contribution >= 4 is 34.9 Å². The summed E-state index contributed by atoms with van der Waals surface area (Å²) in [5, 5.41) is 10.5. The number of nitrogens with two attached hydrogens (primary N) is 1. The fourth-order valence-corrected chi connectivity index (χ4v) is 5.71. The Morgan fingerprint density at radius 2 is 1.66 bits per heavy atom. The van der Waals surface area contributed by atoms with E-state index in [9.17, 15) is 14.4 Å². The van der Waals surface area contributed by atoms with E-state index < -0.39 is 18.9 Å². The molecule has 4 N–H and O–H groups in total. The number of amides is 1. The number of amidine groups is 1. The molecule has 1 aliphatic rings. The summed E-state index contributed by atoms with van der Waals surface area (Å²) in [7, 11) is 0. The Labute approximate surface area is 273 Å². The Morgan fingerprint density at radius 3 is 2.40 bits per heavy atom. The number of ether oxygens (including phenoxy) is 3. The van der Waals surface area contributed by atoms with Crippen LogP contribution in [0.15, 0.2) is 72.8 Å². The normalized spacial score (nSPS) is 13.2. The number of hydrogen-bond acceptors (Lipinski definition) is 8. The second kappa shape index (κ2) is 16.4. The summed E-state index contributed by atoms with van der Waals surface area (Å²) >= 11 is 0. The summed E-state index contributed by atoms with van der Waals surface area (Å²) in [6.45, 7) is 0.248. The average Bonchev–Trinajstić information content (AvgIpc) is 3.45. The van der Waals surface area contributed by atoms with Crippen molar-refractivity contribution in [2.45, 2.75) is 70.4 Å². The van der Waals surface area contributed by atoms with Gasteiger partial charge in [0.2, 0.25) is 6.79 Å². The highest BCUT2D eigenvalue weighted by atomic mass is 16.8. The largest absolute Gasteiger partial charge is 0.511 e. The van der Waals surface area contributed by atoms with Crippen molar-refractivity contribution < 1.29 is 28.6 Å². The number of fused-ring (bicyclic) bond motifs is 1. The first kappa shape index (κ1) is 33.2. The second-order valence-electron chi connectivity index (χ2n) is 11.6. The molecule has 0 radical (unpaired) electrons. The molecule has 0 aliphatic heterocycles. The number of rotatable bonds is 14. The molecule has 4 aromatic rings. The Balaban J connectivity index is 1.17. The lowest BCUT2D eigenvalue weighted by atomic mass is 9.98. The van der Waals surface area contributed by atoms with Crippen molar-refractivity contribution in [1.29, 1.82) is 5.41 Å². The maximum Gasteiger partial charge on any atom is 0.511 e. The van der Waals surface area contributed by atoms with E-state index in [1.165, 1.54) is 5.56 Å². The Bertz CT molecular complexity index is 1680. The second-order valence-corrected chi connectivity index (χ2v) is 11.6. The van der Waals surface area contributed by atoms with E-state index >= 15 is 0 Å². The van der Waals surface area contributed by atoms with Gasteiger partial charge in [0.15, 0.2) is 0 Å². The minimum atomic E-state index is -0.848. The lowest BCUT2D eigenvalue weighted by Crippen LogP contribution is -2.27. The van der Waals surface area contributed by atoms with E-state index in [0.717, 1.165) is 74.8 Å². The maximum atomic E-state index is 13.0. The molecule has 3 aromatic carbocycles. The van der Waals surface area contributed by atoms with Crippen LogP contribution in [-0.2, 0) is 32.0 Å². The molecule has 0 bridgehead atoms. The minimum absolute atomic E-state index is 0.00206. The number of carbonyl (C=O) groups excluding carboxylic acids is 3. The molecule has 5 rings (SSSR count). The lowest BCUT2D eigenvalue weighted by Gasteiger charge is -2.21. The van der Waals surface area contributed by atoms with Crippen molar-refractivity contribution in [3.8, 4) is 11.4 Å². The molecule has 0 spiro atoms. The number of aryl methyl sites for hydroxylation is 2. The van der Waals surface area contributed by atoms with Crippen LogP contribution in [0.4, 0.5) is 4.79 Å². The Kier molecular flexibility index (Phi) is 11.6. The molecule has 47 heavy (non-hydrogen) atoms. The van der Waals surface area contributed by atoms with Gasteiger partial charge in [0.1, 0.15) is 17.8 Å². The van der Waals surface area contributed by atoms with Gasteiger partial charge in [-0.15, -0.1) is 0 Å². The third-order valence-corrected chi connectivity index (χ3v) is 8.23. The molecule has 1 aliphatic carbocycles. The molecule has 1 amide bonds. The van der Waals surface area contributed by atoms with Gasteiger partial charge in [-0.25, -0.2) is 9.78 Å². The summed E-state index contributed by atoms with van der Waals surface area (Å²) < 4.78 is 17.2. The number of unbranched alkanes of at least 4 members (excludes halogenated alkanes) is 1. The number of hydrogen-bond donors (Lipinski definition) is 3. The molecule has 0 unspecified atom stereocenters. The van der Waals surface area contributed by atoms with Crippen molar-refractivity contribution in [2.75, 3.05) is 13.3 Å². The van der Waals surface area contributed by atoms with Gasteiger partial charge in [-0.2, -0.15) is 0 Å². The zero-order valence-corrected chi connectivity index (χ0v) is 26.4. The minimum Gasteiger partial charge on any atom is -0.431 e. The van der Waals surface area contributed by atoms with Crippen LogP contribution >= 0.6 is 0 Å². The fourth-order valence-electron chi connectivity index (χ4n) is 5.71. The number of benzene rings is 3. The molecule has 11 nitrogen and oxygen atoms in total. The Morgan fingerprint density at radius 1 is 0.915 bits per heavy atom. The zero-order valence-electron chi connectivity index (χ0n) is 26.4. The van der Waals surface area contributed by atoms with Gasteiger partial charge in [-0.1, -0.05) is 61.0 Å². The van der Waals surface area contributed by atoms with Crippen LogP contribution < -0.4 is 11.1 Å². The van der Waals surface area contributed by atoms with E-state index in [1.807, 2.05) is 24.3 Å². The molecule has 0 atom stereocenters. The van der Waals surface area contributed by atoms with Crippen LogP contribution in [0, 0.1) is 5.41 Å². The maximum absolute atomic E-state index is 13.0. The van der Waals surface area contributed by atoms with Crippen LogP contribution in [0.5, 0.6) is 0 Å². The SMILES string of the molecule is N=C(N)c1ccc(-c2nc3cc(C(=O)NCCC(=O)OCOC(=O)OC4CCCCC4)ccc3n2CCCCc2ccccc2)cc1. The number of nitrogen functional groups attached to an aromatic ring is 1. The van der Waals surface area contributed by atoms with Gasteiger partial charge >= 0.3 is 12.1 Å². The van der Waals surface area contributed by atoms with E-state index in [2.05, 4.69) is 34.1 Å². The molecule has 1 heterocycles. The van der Waals surface area contributed by atoms with Crippen LogP contribution in [0.3, 0.4) is 0 Å². The topological polar surface area (TPSA) is 159 Å². The van der Waals surface area contributed by atoms with Crippen molar-refractivity contribution in [3.05, 3.63) is 89.5 Å². The molecule has 1 saturated carbocycles. The highest BCUT2D eigenvalue weighted by molar-refractivity contribution is 5.98. The van der Waals surface area contributed by atoms with Crippen LogP contribution in [0.2, 0.25) is 0 Å². The van der Waals surface area contributed by atoms with Crippen molar-refractivity contribution in [2.24, 2.45) is 5.73 Å². The zero-order chi connectivity index (χ0) is 33.0. The number of imidazole rings is 1. The monoisotopic (exact) mass is 639 g/mol. The number of aromatic nitrogens is 2. The average molecular weight is 640 g/mol. The van der Waals surface area contributed by atoms with Gasteiger partial charge in [-0.05, 0) is 68.7 Å². The molecule has 11 heteroatoms. The van der Waals surface area contributed by atoms with Gasteiger partial charge < -0.3 is 29.8 Å². The smallest absolute Gasteiger partial charge is 0.431 e. The molecule has 1 aromatic heterocycles. The third-order valence-electron chi connectivity index (χ3n) is 8.23. The summed E-state index contributed by atoms with van der Waals surface area (Å²) in [5.41, 5.74) is 10.4. The van der Waals surface area contributed by atoms with Gasteiger partial charge in [-0.3, -0.25) is 15.0 Å². The number of esters is 1. The van der Waals surface area contributed by atoms with E-state index in [4.69, 9.17) is 30.3 Å². The van der Waals surface area contributed by atoms with E-state index in [0.29, 0.717) is 16.6 Å². The molecule has 1 fully saturated rings. The summed E-state index contributed by atoms with van der Waals surface area (Å²) in [6.07, 6.45) is 6.64. The predicted octanol–water partition coefficient (Wildman–Crippen LogP) is 6.12. The summed E-state index contributed by atoms with van der Waals surface area (Å²) in [5.74, 6) is -0.202. The number of carbonyl (C=O) groups is 3. The number of nitrogens with zero attached hydrogens (tertiary/aromatic N) is 2. The van der Waals surface area contributed by atoms with Gasteiger partial charge in [0, 0.05) is 29.8 Å². The van der Waals surface area contributed by atoms with Crippen LogP contribution in [0.25, 0.3) is 22.4 Å². The molecule has 246 valence electrons. The predicted molar refractivity (Wildman–Crippen MR) is 178 cm³/mol. The van der Waals surface area contributed by atoms with Crippen molar-refractivity contribution in [3.63, 3.8) is 0 Å². The van der Waals surface area contributed by atoms with Gasteiger partial charge in [0.25, 0.3) is 5.91 Å². The van der Waals surface area contributed by atoms with Crippen LogP contribution in [-0.4, -0.2) is 52.9 Å². The third kappa shape index (κ3) is 9.41. The standard InChI is InChI=1S/C36H41N5O6/c37-33(38)26-14-16-27(17-15-26)34-40-30-23-28(18-19-31(30)41(34)22-8-7-11-25-9-3-1-4-10-25)35(43)39-21-20-32(42)45-24-46-36(44)47-29-12-5-2-6-13-29/h1,3-4,9-10,14-19,23,29H,2,5-8,11-13,20-22,24H2,(H3,37,38)(H,39,43). The highest BCUT2D eigenvalue weighted by Crippen LogP contribution is 2.27.